The molecule has 0 spiro atoms. The molecular weight excluding hydrogens is 286 g/mol. The number of nitrogens with zero attached hydrogens (tertiary/aromatic N) is 2. The molecule has 0 unspecified atom stereocenters. The predicted molar refractivity (Wildman–Crippen MR) is 88.0 cm³/mol. The average molecular weight is 302 g/mol. The van der Waals surface area contributed by atoms with Crippen molar-refractivity contribution in [1.82, 2.24) is 0 Å². The monoisotopic (exact) mass is 301 g/mol. The number of likely N-dealkylation sites (N-methyl/N-ethyl adjacent to an activating group) is 1. The largest absolute Gasteiger partial charge is 0.325 e. The summed E-state index contributed by atoms with van der Waals surface area (Å²) in [5, 5.41) is 4.85. The molecule has 0 heterocycles. The minimum atomic E-state index is -0.122. The maximum Gasteiger partial charge on any atom is 0.196 e. The third-order valence-electron chi connectivity index (χ3n) is 2.91. The highest BCUT2D eigenvalue weighted by Crippen LogP contribution is 2.15. The van der Waals surface area contributed by atoms with Gasteiger partial charge >= 0.3 is 0 Å². The second-order valence-corrected chi connectivity index (χ2v) is 4.94. The van der Waals surface area contributed by atoms with Gasteiger partial charge in [-0.25, -0.2) is 0 Å². The summed E-state index contributed by atoms with van der Waals surface area (Å²) in [4.78, 5) is 13.5. The van der Waals surface area contributed by atoms with Crippen molar-refractivity contribution in [2.24, 2.45) is 5.10 Å². The Morgan fingerprint density at radius 3 is 2.29 bits per heavy atom. The fraction of sp³-hybridized carbons (Fsp3) is 0.125. The molecule has 0 aliphatic carbocycles. The fourth-order valence-corrected chi connectivity index (χ4v) is 1.93. The second kappa shape index (κ2) is 6.90. The van der Waals surface area contributed by atoms with Crippen LogP contribution in [0.3, 0.4) is 0 Å². The molecule has 0 amide bonds. The Morgan fingerprint density at radius 2 is 1.71 bits per heavy atom. The average Bonchev–Trinajstić information content (AvgIpc) is 2.49. The summed E-state index contributed by atoms with van der Waals surface area (Å²) in [6.45, 7) is 1.49. The number of hydrazone groups is 1. The van der Waals surface area contributed by atoms with Crippen molar-refractivity contribution in [2.45, 2.75) is 6.92 Å². The van der Waals surface area contributed by atoms with Crippen LogP contribution < -0.4 is 10.3 Å². The number of carbonyl (C=O) groups excluding carboxylic acids is 1. The van der Waals surface area contributed by atoms with E-state index in [0.29, 0.717) is 10.9 Å². The van der Waals surface area contributed by atoms with E-state index in [0.717, 1.165) is 11.4 Å². The van der Waals surface area contributed by atoms with E-state index in [2.05, 4.69) is 10.5 Å². The fourth-order valence-electron chi connectivity index (χ4n) is 1.81. The van der Waals surface area contributed by atoms with Gasteiger partial charge in [-0.15, -0.1) is 0 Å². The Balaban J connectivity index is 2.20. The molecule has 0 radical (unpaired) electrons. The first kappa shape index (κ1) is 15.1. The highest BCUT2D eigenvalue weighted by Gasteiger charge is 2.13. The maximum atomic E-state index is 11.8. The van der Waals surface area contributed by atoms with E-state index in [4.69, 9.17) is 11.6 Å². The van der Waals surface area contributed by atoms with Gasteiger partial charge in [-0.3, -0.25) is 10.2 Å². The SMILES string of the molecule is CC(=O)/C(=N\Nc1ccc(Cl)cc1)N(C)c1ccccc1. The number of carbonyl (C=O) groups is 1. The molecule has 0 aromatic heterocycles. The lowest BCUT2D eigenvalue weighted by Gasteiger charge is -2.19. The Labute approximate surface area is 129 Å². The first-order chi connectivity index (χ1) is 10.1. The van der Waals surface area contributed by atoms with Crippen LogP contribution in [0.1, 0.15) is 6.92 Å². The summed E-state index contributed by atoms with van der Waals surface area (Å²) < 4.78 is 0. The van der Waals surface area contributed by atoms with Crippen LogP contribution in [0.15, 0.2) is 59.7 Å². The Bertz CT molecular complexity index is 638. The number of rotatable bonds is 4. The van der Waals surface area contributed by atoms with Gasteiger partial charge in [-0.1, -0.05) is 29.8 Å². The molecule has 0 aliphatic rings. The Kier molecular flexibility index (Phi) is 4.95. The molecule has 0 aliphatic heterocycles. The predicted octanol–water partition coefficient (Wildman–Crippen LogP) is 3.79. The van der Waals surface area contributed by atoms with Crippen molar-refractivity contribution in [3.05, 3.63) is 59.6 Å². The number of para-hydroxylation sites is 1. The number of hydrogen-bond acceptors (Lipinski definition) is 3. The molecule has 0 atom stereocenters. The van der Waals surface area contributed by atoms with Crippen molar-refractivity contribution in [3.63, 3.8) is 0 Å². The smallest absolute Gasteiger partial charge is 0.196 e. The topological polar surface area (TPSA) is 44.7 Å². The summed E-state index contributed by atoms with van der Waals surface area (Å²) in [6, 6.07) is 16.7. The standard InChI is InChI=1S/C16H16ClN3O/c1-12(21)16(20(2)15-6-4-3-5-7-15)19-18-14-10-8-13(17)9-11-14/h3-11,18H,1-2H3/b19-16+. The Morgan fingerprint density at radius 1 is 1.10 bits per heavy atom. The highest BCUT2D eigenvalue weighted by molar-refractivity contribution is 6.43. The molecule has 2 aromatic rings. The number of amidine groups is 1. The first-order valence-electron chi connectivity index (χ1n) is 6.47. The number of anilines is 2. The molecule has 108 valence electrons. The summed E-state index contributed by atoms with van der Waals surface area (Å²) in [6.07, 6.45) is 0. The van der Waals surface area contributed by atoms with Gasteiger partial charge in [0.05, 0.1) is 5.69 Å². The number of benzene rings is 2. The third-order valence-corrected chi connectivity index (χ3v) is 3.16. The number of Topliss-reactive ketones (excluding diaryl/α,β-unsaturated/α-hetero) is 1. The van der Waals surface area contributed by atoms with Crippen molar-refractivity contribution < 1.29 is 4.79 Å². The summed E-state index contributed by atoms with van der Waals surface area (Å²) in [7, 11) is 1.80. The summed E-state index contributed by atoms with van der Waals surface area (Å²) >= 11 is 5.83. The lowest BCUT2D eigenvalue weighted by Crippen LogP contribution is -2.32. The van der Waals surface area contributed by atoms with Crippen molar-refractivity contribution >= 4 is 34.6 Å². The molecule has 2 aromatic carbocycles. The van der Waals surface area contributed by atoms with Crippen LogP contribution in [0.2, 0.25) is 5.02 Å². The number of ketones is 1. The van der Waals surface area contributed by atoms with Gasteiger partial charge in [-0.05, 0) is 36.4 Å². The minimum Gasteiger partial charge on any atom is -0.325 e. The second-order valence-electron chi connectivity index (χ2n) is 4.50. The van der Waals surface area contributed by atoms with Crippen molar-refractivity contribution in [3.8, 4) is 0 Å². The molecule has 2 rings (SSSR count). The van der Waals surface area contributed by atoms with Crippen LogP contribution >= 0.6 is 11.6 Å². The lowest BCUT2D eigenvalue weighted by atomic mass is 10.2. The molecule has 0 saturated carbocycles. The van der Waals surface area contributed by atoms with Crippen molar-refractivity contribution in [2.75, 3.05) is 17.4 Å². The highest BCUT2D eigenvalue weighted by atomic mass is 35.5. The van der Waals surface area contributed by atoms with E-state index in [-0.39, 0.29) is 5.78 Å². The van der Waals surface area contributed by atoms with Crippen LogP contribution in [0, 0.1) is 0 Å². The van der Waals surface area contributed by atoms with Gasteiger partial charge in [0.2, 0.25) is 0 Å². The zero-order chi connectivity index (χ0) is 15.2. The van der Waals surface area contributed by atoms with Gasteiger partial charge in [0.15, 0.2) is 11.6 Å². The van der Waals surface area contributed by atoms with E-state index in [1.807, 2.05) is 30.3 Å². The van der Waals surface area contributed by atoms with Gasteiger partial charge < -0.3 is 4.90 Å². The first-order valence-corrected chi connectivity index (χ1v) is 6.84. The lowest BCUT2D eigenvalue weighted by molar-refractivity contribution is -0.111. The Hall–Kier alpha value is -2.33. The zero-order valence-electron chi connectivity index (χ0n) is 11.9. The van der Waals surface area contributed by atoms with Crippen LogP contribution in [-0.4, -0.2) is 18.7 Å². The minimum absolute atomic E-state index is 0.122. The van der Waals surface area contributed by atoms with Crippen LogP contribution in [0.5, 0.6) is 0 Å². The van der Waals surface area contributed by atoms with Crippen molar-refractivity contribution in [1.29, 1.82) is 0 Å². The molecule has 0 bridgehead atoms. The molecule has 21 heavy (non-hydrogen) atoms. The zero-order valence-corrected chi connectivity index (χ0v) is 12.6. The number of halogens is 1. The van der Waals surface area contributed by atoms with Crippen LogP contribution in [-0.2, 0) is 4.79 Å². The van der Waals surface area contributed by atoms with E-state index >= 15 is 0 Å². The van der Waals surface area contributed by atoms with E-state index in [1.165, 1.54) is 6.92 Å². The number of hydrogen-bond donors (Lipinski definition) is 1. The van der Waals surface area contributed by atoms with E-state index < -0.39 is 0 Å². The quantitative estimate of drug-likeness (QED) is 0.531. The van der Waals surface area contributed by atoms with Crippen LogP contribution in [0.4, 0.5) is 11.4 Å². The van der Waals surface area contributed by atoms with Crippen LogP contribution in [0.25, 0.3) is 0 Å². The maximum absolute atomic E-state index is 11.8. The molecule has 4 nitrogen and oxygen atoms in total. The molecular formula is C16H16ClN3O. The third kappa shape index (κ3) is 4.07. The number of nitrogens with one attached hydrogen (secondary N) is 1. The molecule has 0 fully saturated rings. The molecule has 0 saturated heterocycles. The molecule has 5 heteroatoms. The molecule has 1 N–H and O–H groups in total. The van der Waals surface area contributed by atoms with Gasteiger partial charge in [0.1, 0.15) is 0 Å². The van der Waals surface area contributed by atoms with E-state index in [9.17, 15) is 4.79 Å². The van der Waals surface area contributed by atoms with Gasteiger partial charge in [0.25, 0.3) is 0 Å². The van der Waals surface area contributed by atoms with E-state index in [1.54, 1.807) is 36.2 Å². The summed E-state index contributed by atoms with van der Waals surface area (Å²) in [5.74, 6) is 0.207. The summed E-state index contributed by atoms with van der Waals surface area (Å²) in [5.41, 5.74) is 4.53. The van der Waals surface area contributed by atoms with Gasteiger partial charge in [-0.2, -0.15) is 5.10 Å². The normalized spacial score (nSPS) is 11.1. The van der Waals surface area contributed by atoms with Gasteiger partial charge in [0, 0.05) is 24.7 Å².